The number of cyclic esters (lactones) is 2. The molecule has 3 aliphatic heterocycles. The first-order valence-corrected chi connectivity index (χ1v) is 7.55. The van der Waals surface area contributed by atoms with E-state index in [4.69, 9.17) is 18.9 Å². The Morgan fingerprint density at radius 3 is 1.50 bits per heavy atom. The highest BCUT2D eigenvalue weighted by Crippen LogP contribution is 2.26. The molecule has 0 bridgehead atoms. The number of hydrogen-bond acceptors (Lipinski definition) is 8. The summed E-state index contributed by atoms with van der Waals surface area (Å²) in [6.45, 7) is 3.18. The Kier molecular flexibility index (Phi) is 4.62. The predicted octanol–water partition coefficient (Wildman–Crippen LogP) is -0.820. The van der Waals surface area contributed by atoms with Gasteiger partial charge in [-0.25, -0.2) is 0 Å². The van der Waals surface area contributed by atoms with Crippen molar-refractivity contribution in [3.63, 3.8) is 0 Å². The van der Waals surface area contributed by atoms with Crippen LogP contribution in [0.4, 0.5) is 0 Å². The minimum atomic E-state index is -0.484. The minimum absolute atomic E-state index is 0.0284. The second-order valence-corrected chi connectivity index (χ2v) is 5.80. The number of methoxy groups -OCH3 is 2. The monoisotopic (exact) mass is 314 g/mol. The Morgan fingerprint density at radius 1 is 0.818 bits per heavy atom. The second-order valence-electron chi connectivity index (χ2n) is 5.80. The molecule has 0 spiro atoms. The van der Waals surface area contributed by atoms with Gasteiger partial charge in [-0.3, -0.25) is 19.4 Å². The van der Waals surface area contributed by atoms with Gasteiger partial charge in [-0.05, 0) is 0 Å². The molecule has 3 heterocycles. The number of nitrogens with zero attached hydrogens (tertiary/aromatic N) is 2. The SMILES string of the molecule is CO[C@@H]1OC(=O)C[C@H]1N1CCN([C@H]2CC(=O)O[C@@H]2OC)CC1. The van der Waals surface area contributed by atoms with Crippen molar-refractivity contribution in [3.8, 4) is 0 Å². The van der Waals surface area contributed by atoms with E-state index in [1.165, 1.54) is 0 Å². The Bertz CT molecular complexity index is 397. The minimum Gasteiger partial charge on any atom is -0.434 e. The highest BCUT2D eigenvalue weighted by molar-refractivity contribution is 5.73. The zero-order valence-electron chi connectivity index (χ0n) is 12.9. The van der Waals surface area contributed by atoms with Gasteiger partial charge in [-0.15, -0.1) is 0 Å². The van der Waals surface area contributed by atoms with Gasteiger partial charge in [0.05, 0.1) is 24.9 Å². The molecule has 8 nitrogen and oxygen atoms in total. The molecule has 3 rings (SSSR count). The molecule has 3 aliphatic rings. The lowest BCUT2D eigenvalue weighted by Gasteiger charge is -2.40. The number of piperazine rings is 1. The molecule has 0 amide bonds. The van der Waals surface area contributed by atoms with Crippen LogP contribution in [0, 0.1) is 0 Å². The van der Waals surface area contributed by atoms with Gasteiger partial charge in [-0.2, -0.15) is 0 Å². The molecule has 0 aromatic rings. The standard InChI is InChI=1S/C14H22N2O6/c1-19-13-9(7-11(17)21-13)15-3-5-16(6-4-15)10-8-12(18)22-14(10)20-2/h9-10,13-14H,3-8H2,1-2H3/t9-,10+,13-,14+. The summed E-state index contributed by atoms with van der Waals surface area (Å²) < 4.78 is 20.8. The van der Waals surface area contributed by atoms with Crippen molar-refractivity contribution in [2.45, 2.75) is 37.5 Å². The highest BCUT2D eigenvalue weighted by Gasteiger charge is 2.43. The molecule has 0 saturated carbocycles. The first-order valence-electron chi connectivity index (χ1n) is 7.55. The maximum atomic E-state index is 11.4. The Labute approximate surface area is 129 Å². The van der Waals surface area contributed by atoms with E-state index < -0.39 is 12.6 Å². The maximum absolute atomic E-state index is 11.4. The van der Waals surface area contributed by atoms with Gasteiger partial charge in [0.2, 0.25) is 12.6 Å². The van der Waals surface area contributed by atoms with E-state index >= 15 is 0 Å². The van der Waals surface area contributed by atoms with Crippen LogP contribution >= 0.6 is 0 Å². The lowest BCUT2D eigenvalue weighted by molar-refractivity contribution is -0.167. The fraction of sp³-hybridized carbons (Fsp3) is 0.857. The number of carbonyl (C=O) groups is 2. The Hall–Kier alpha value is -1.22. The average Bonchev–Trinajstić information content (AvgIpc) is 3.09. The van der Waals surface area contributed by atoms with E-state index in [0.29, 0.717) is 12.8 Å². The molecule has 124 valence electrons. The fourth-order valence-electron chi connectivity index (χ4n) is 3.46. The topological polar surface area (TPSA) is 77.5 Å². The molecule has 3 saturated heterocycles. The number of carbonyl (C=O) groups excluding carboxylic acids is 2. The van der Waals surface area contributed by atoms with Crippen molar-refractivity contribution in [2.75, 3.05) is 40.4 Å². The first-order chi connectivity index (χ1) is 10.6. The van der Waals surface area contributed by atoms with Gasteiger partial charge in [0.1, 0.15) is 0 Å². The van der Waals surface area contributed by atoms with Crippen LogP contribution in [0.3, 0.4) is 0 Å². The maximum Gasteiger partial charge on any atom is 0.309 e. The molecule has 8 heteroatoms. The summed E-state index contributed by atoms with van der Waals surface area (Å²) in [7, 11) is 3.11. The summed E-state index contributed by atoms with van der Waals surface area (Å²) in [6.07, 6.45) is -0.238. The predicted molar refractivity (Wildman–Crippen MR) is 73.7 cm³/mol. The zero-order chi connectivity index (χ0) is 15.7. The van der Waals surface area contributed by atoms with Crippen LogP contribution in [0.1, 0.15) is 12.8 Å². The molecule has 0 radical (unpaired) electrons. The van der Waals surface area contributed by atoms with Crippen LogP contribution in [0.25, 0.3) is 0 Å². The third kappa shape index (κ3) is 2.96. The molecule has 0 unspecified atom stereocenters. The molecule has 0 aliphatic carbocycles. The van der Waals surface area contributed by atoms with Crippen LogP contribution < -0.4 is 0 Å². The van der Waals surface area contributed by atoms with Gasteiger partial charge < -0.3 is 18.9 Å². The Morgan fingerprint density at radius 2 is 1.18 bits per heavy atom. The normalized spacial score (nSPS) is 37.4. The molecule has 0 N–H and O–H groups in total. The summed E-state index contributed by atoms with van der Waals surface area (Å²) in [4.78, 5) is 27.3. The Balaban J connectivity index is 1.56. The third-order valence-corrected chi connectivity index (χ3v) is 4.63. The number of rotatable bonds is 4. The van der Waals surface area contributed by atoms with E-state index in [2.05, 4.69) is 9.80 Å². The van der Waals surface area contributed by atoms with Crippen molar-refractivity contribution >= 4 is 11.9 Å². The van der Waals surface area contributed by atoms with E-state index in [9.17, 15) is 9.59 Å². The van der Waals surface area contributed by atoms with Crippen molar-refractivity contribution < 1.29 is 28.5 Å². The third-order valence-electron chi connectivity index (χ3n) is 4.63. The molecule has 3 fully saturated rings. The summed E-state index contributed by atoms with van der Waals surface area (Å²) >= 11 is 0. The van der Waals surface area contributed by atoms with Crippen molar-refractivity contribution in [1.82, 2.24) is 9.80 Å². The lowest BCUT2D eigenvalue weighted by atomic mass is 10.1. The average molecular weight is 314 g/mol. The molecular weight excluding hydrogens is 292 g/mol. The summed E-state index contributed by atoms with van der Waals surface area (Å²) in [5.41, 5.74) is 0. The molecule has 22 heavy (non-hydrogen) atoms. The number of esters is 2. The van der Waals surface area contributed by atoms with Crippen LogP contribution in [-0.4, -0.2) is 86.8 Å². The van der Waals surface area contributed by atoms with Gasteiger partial charge in [-0.1, -0.05) is 0 Å². The van der Waals surface area contributed by atoms with Gasteiger partial charge in [0.15, 0.2) is 0 Å². The summed E-state index contributed by atoms with van der Waals surface area (Å²) in [6, 6.07) is -0.0568. The van der Waals surface area contributed by atoms with E-state index in [1.807, 2.05) is 0 Å². The quantitative estimate of drug-likeness (QED) is 0.623. The van der Waals surface area contributed by atoms with E-state index in [-0.39, 0.29) is 24.0 Å². The molecule has 0 aromatic carbocycles. The van der Waals surface area contributed by atoms with Crippen LogP contribution in [0.2, 0.25) is 0 Å². The smallest absolute Gasteiger partial charge is 0.309 e. The molecular formula is C14H22N2O6. The van der Waals surface area contributed by atoms with Gasteiger partial charge in [0, 0.05) is 40.4 Å². The van der Waals surface area contributed by atoms with Crippen LogP contribution in [0.15, 0.2) is 0 Å². The van der Waals surface area contributed by atoms with E-state index in [0.717, 1.165) is 26.2 Å². The van der Waals surface area contributed by atoms with Crippen molar-refractivity contribution in [3.05, 3.63) is 0 Å². The van der Waals surface area contributed by atoms with Crippen molar-refractivity contribution in [2.24, 2.45) is 0 Å². The lowest BCUT2D eigenvalue weighted by Crippen LogP contribution is -2.56. The fourth-order valence-corrected chi connectivity index (χ4v) is 3.46. The summed E-state index contributed by atoms with van der Waals surface area (Å²) in [5, 5.41) is 0. The van der Waals surface area contributed by atoms with Gasteiger partial charge in [0.25, 0.3) is 0 Å². The number of hydrogen-bond donors (Lipinski definition) is 0. The van der Waals surface area contributed by atoms with Gasteiger partial charge >= 0.3 is 11.9 Å². The molecule has 0 aromatic heterocycles. The summed E-state index contributed by atoms with van der Waals surface area (Å²) in [5.74, 6) is -0.429. The van der Waals surface area contributed by atoms with Crippen LogP contribution in [0.5, 0.6) is 0 Å². The zero-order valence-corrected chi connectivity index (χ0v) is 12.9. The second kappa shape index (κ2) is 6.49. The van der Waals surface area contributed by atoms with Crippen LogP contribution in [-0.2, 0) is 28.5 Å². The van der Waals surface area contributed by atoms with E-state index in [1.54, 1.807) is 14.2 Å². The van der Waals surface area contributed by atoms with Crippen molar-refractivity contribution in [1.29, 1.82) is 0 Å². The number of ether oxygens (including phenoxy) is 4. The first kappa shape index (κ1) is 15.7. The largest absolute Gasteiger partial charge is 0.434 e. The highest BCUT2D eigenvalue weighted by atomic mass is 16.7. The molecule has 4 atom stereocenters.